The summed E-state index contributed by atoms with van der Waals surface area (Å²) in [6, 6.07) is 16.2. The highest BCUT2D eigenvalue weighted by Gasteiger charge is 2.35. The van der Waals surface area contributed by atoms with Crippen LogP contribution in [0.15, 0.2) is 60.8 Å². The number of hydrogen-bond acceptors (Lipinski definition) is 7. The molecule has 1 saturated carbocycles. The van der Waals surface area contributed by atoms with Crippen molar-refractivity contribution in [1.82, 2.24) is 15.2 Å². The van der Waals surface area contributed by atoms with Crippen LogP contribution < -0.4 is 29.0 Å². The van der Waals surface area contributed by atoms with Gasteiger partial charge in [-0.1, -0.05) is 43.5 Å². The number of amides is 2. The van der Waals surface area contributed by atoms with Crippen LogP contribution >= 0.6 is 0 Å². The highest BCUT2D eigenvalue weighted by Crippen LogP contribution is 2.42. The molecule has 10 heteroatoms. The largest absolute Gasteiger partial charge is 0.493 e. The lowest BCUT2D eigenvalue weighted by Gasteiger charge is -2.34. The number of ether oxygens (including phenoxy) is 5. The van der Waals surface area contributed by atoms with E-state index in [1.54, 1.807) is 17.0 Å². The number of aromatic amines is 1. The number of nitrogens with zero attached hydrogens (tertiary/aromatic N) is 1. The number of carbonyl (C=O) groups excluding carboxylic acids is 2. The van der Waals surface area contributed by atoms with Crippen molar-refractivity contribution in [2.45, 2.75) is 63.6 Å². The normalized spacial score (nSPS) is 14.9. The SMILES string of the molecule is COc1cc(C(C(=O)NC2CCCCC2)N(Cc2ccc3c(c2)OCO3)C(=O)CCc2c[nH]c3ccccc23)cc(OC)c1OC. The van der Waals surface area contributed by atoms with E-state index >= 15 is 0 Å². The molecular formula is C36H41N3O7. The molecule has 0 saturated heterocycles. The summed E-state index contributed by atoms with van der Waals surface area (Å²) < 4.78 is 28.1. The first-order valence-corrected chi connectivity index (χ1v) is 15.8. The molecule has 0 radical (unpaired) electrons. The number of para-hydroxylation sites is 1. The molecule has 1 aliphatic carbocycles. The fourth-order valence-electron chi connectivity index (χ4n) is 6.54. The lowest BCUT2D eigenvalue weighted by Crippen LogP contribution is -2.47. The van der Waals surface area contributed by atoms with Gasteiger partial charge in [0.05, 0.1) is 21.3 Å². The molecule has 0 bridgehead atoms. The molecule has 2 heterocycles. The number of aromatic nitrogens is 1. The Morgan fingerprint density at radius 3 is 2.41 bits per heavy atom. The molecule has 4 aromatic rings. The summed E-state index contributed by atoms with van der Waals surface area (Å²) >= 11 is 0. The summed E-state index contributed by atoms with van der Waals surface area (Å²) in [6.45, 7) is 0.312. The number of nitrogens with one attached hydrogen (secondary N) is 2. The third kappa shape index (κ3) is 6.56. The first-order chi connectivity index (χ1) is 22.5. The van der Waals surface area contributed by atoms with E-state index in [4.69, 9.17) is 23.7 Å². The Bertz CT molecular complexity index is 1670. The summed E-state index contributed by atoms with van der Waals surface area (Å²) in [5.41, 5.74) is 3.43. The van der Waals surface area contributed by atoms with Crippen LogP contribution in [0.3, 0.4) is 0 Å². The van der Waals surface area contributed by atoms with Crippen molar-refractivity contribution in [1.29, 1.82) is 0 Å². The highest BCUT2D eigenvalue weighted by molar-refractivity contribution is 5.90. The van der Waals surface area contributed by atoms with Gasteiger partial charge in [-0.25, -0.2) is 0 Å². The average molecular weight is 628 g/mol. The first kappa shape index (κ1) is 31.1. The second kappa shape index (κ2) is 14.1. The van der Waals surface area contributed by atoms with Gasteiger partial charge in [0.15, 0.2) is 23.0 Å². The first-order valence-electron chi connectivity index (χ1n) is 15.8. The van der Waals surface area contributed by atoms with E-state index in [2.05, 4.69) is 10.3 Å². The molecule has 2 aliphatic rings. The Kier molecular flexibility index (Phi) is 9.51. The van der Waals surface area contributed by atoms with E-state index in [-0.39, 0.29) is 37.6 Å². The van der Waals surface area contributed by atoms with Crippen molar-refractivity contribution >= 4 is 22.7 Å². The molecule has 10 nitrogen and oxygen atoms in total. The minimum atomic E-state index is -0.975. The maximum absolute atomic E-state index is 14.4. The van der Waals surface area contributed by atoms with Gasteiger partial charge in [-0.05, 0) is 66.3 Å². The van der Waals surface area contributed by atoms with Gasteiger partial charge in [-0.3, -0.25) is 9.59 Å². The zero-order chi connectivity index (χ0) is 32.0. The molecule has 2 N–H and O–H groups in total. The van der Waals surface area contributed by atoms with Crippen LogP contribution in [0.2, 0.25) is 0 Å². The number of carbonyl (C=O) groups is 2. The minimum absolute atomic E-state index is 0.0412. The van der Waals surface area contributed by atoms with E-state index in [0.29, 0.717) is 40.7 Å². The Balaban J connectivity index is 1.40. The molecule has 46 heavy (non-hydrogen) atoms. The maximum Gasteiger partial charge on any atom is 0.247 e. The van der Waals surface area contributed by atoms with Crippen LogP contribution in [-0.2, 0) is 22.6 Å². The second-order valence-corrected chi connectivity index (χ2v) is 11.8. The quantitative estimate of drug-likeness (QED) is 0.196. The monoisotopic (exact) mass is 627 g/mol. The summed E-state index contributed by atoms with van der Waals surface area (Å²) in [5, 5.41) is 4.36. The molecule has 1 aliphatic heterocycles. The fraction of sp³-hybridized carbons (Fsp3) is 0.389. The van der Waals surface area contributed by atoms with E-state index in [9.17, 15) is 9.59 Å². The number of fused-ring (bicyclic) bond motifs is 2. The van der Waals surface area contributed by atoms with Crippen LogP contribution in [0, 0.1) is 0 Å². The van der Waals surface area contributed by atoms with Crippen molar-refractivity contribution < 1.29 is 33.3 Å². The van der Waals surface area contributed by atoms with Gasteiger partial charge in [-0.15, -0.1) is 0 Å². The Morgan fingerprint density at radius 2 is 1.67 bits per heavy atom. The van der Waals surface area contributed by atoms with Gasteiger partial charge >= 0.3 is 0 Å². The van der Waals surface area contributed by atoms with Gasteiger partial charge in [0.2, 0.25) is 24.4 Å². The molecular weight excluding hydrogens is 586 g/mol. The number of hydrogen-bond donors (Lipinski definition) is 2. The zero-order valence-electron chi connectivity index (χ0n) is 26.6. The van der Waals surface area contributed by atoms with Crippen molar-refractivity contribution in [3.05, 3.63) is 77.5 Å². The van der Waals surface area contributed by atoms with Crippen molar-refractivity contribution in [2.24, 2.45) is 0 Å². The predicted octanol–water partition coefficient (Wildman–Crippen LogP) is 6.07. The highest BCUT2D eigenvalue weighted by atomic mass is 16.7. The van der Waals surface area contributed by atoms with Gasteiger partial charge in [-0.2, -0.15) is 0 Å². The topological polar surface area (TPSA) is 111 Å². The summed E-state index contributed by atoms with van der Waals surface area (Å²) in [7, 11) is 4.61. The fourth-order valence-corrected chi connectivity index (χ4v) is 6.54. The minimum Gasteiger partial charge on any atom is -0.493 e. The van der Waals surface area contributed by atoms with Crippen LogP contribution in [0.1, 0.15) is 61.3 Å². The molecule has 6 rings (SSSR count). The van der Waals surface area contributed by atoms with Gasteiger partial charge in [0, 0.05) is 36.1 Å². The zero-order valence-corrected chi connectivity index (χ0v) is 26.6. The van der Waals surface area contributed by atoms with Crippen molar-refractivity contribution in [3.63, 3.8) is 0 Å². The van der Waals surface area contributed by atoms with Crippen molar-refractivity contribution in [2.75, 3.05) is 28.1 Å². The second-order valence-electron chi connectivity index (χ2n) is 11.8. The molecule has 1 unspecified atom stereocenters. The molecule has 0 spiro atoms. The standard InChI is InChI=1S/C36H41N3O7/c1-42-31-18-25(19-32(43-2)35(31)44-3)34(36(41)38-26-9-5-4-6-10-26)39(21-23-13-15-29-30(17-23)46-22-45-29)33(40)16-14-24-20-37-28-12-8-7-11-27(24)28/h7-8,11-13,15,17-20,26,34,37H,4-6,9-10,14,16,21-22H2,1-3H3,(H,38,41). The van der Waals surface area contributed by atoms with Crippen LogP contribution in [0.4, 0.5) is 0 Å². The van der Waals surface area contributed by atoms with E-state index in [1.165, 1.54) is 21.3 Å². The number of rotatable bonds is 12. The van der Waals surface area contributed by atoms with E-state index in [0.717, 1.165) is 54.1 Å². The van der Waals surface area contributed by atoms with E-state index < -0.39 is 6.04 Å². The smallest absolute Gasteiger partial charge is 0.247 e. The summed E-state index contributed by atoms with van der Waals surface area (Å²) in [5.74, 6) is 2.07. The number of aryl methyl sites for hydroxylation is 1. The molecule has 1 aromatic heterocycles. The number of benzene rings is 3. The van der Waals surface area contributed by atoms with Crippen molar-refractivity contribution in [3.8, 4) is 28.7 Å². The van der Waals surface area contributed by atoms with Gasteiger partial charge in [0.25, 0.3) is 0 Å². The Hall–Kier alpha value is -4.86. The third-order valence-corrected chi connectivity index (χ3v) is 8.91. The van der Waals surface area contributed by atoms with Crippen LogP contribution in [-0.4, -0.2) is 55.9 Å². The van der Waals surface area contributed by atoms with E-state index in [1.807, 2.05) is 48.7 Å². The number of methoxy groups -OCH3 is 3. The van der Waals surface area contributed by atoms with Crippen LogP contribution in [0.25, 0.3) is 10.9 Å². The van der Waals surface area contributed by atoms with Crippen LogP contribution in [0.5, 0.6) is 28.7 Å². The number of H-pyrrole nitrogens is 1. The van der Waals surface area contributed by atoms with Gasteiger partial charge in [0.1, 0.15) is 6.04 Å². The molecule has 2 amide bonds. The third-order valence-electron chi connectivity index (χ3n) is 8.91. The lowest BCUT2D eigenvalue weighted by molar-refractivity contribution is -0.142. The predicted molar refractivity (Wildman–Crippen MR) is 174 cm³/mol. The Labute approximate surface area is 268 Å². The maximum atomic E-state index is 14.4. The summed E-state index contributed by atoms with van der Waals surface area (Å²) in [4.78, 5) is 33.8. The average Bonchev–Trinajstić information content (AvgIpc) is 3.73. The Morgan fingerprint density at radius 1 is 0.935 bits per heavy atom. The summed E-state index contributed by atoms with van der Waals surface area (Å²) in [6.07, 6.45) is 7.75. The molecule has 242 valence electrons. The molecule has 3 aromatic carbocycles. The van der Waals surface area contributed by atoms with Gasteiger partial charge < -0.3 is 38.9 Å². The molecule has 1 atom stereocenters. The molecule has 1 fully saturated rings. The lowest BCUT2D eigenvalue weighted by atomic mass is 9.94.